The van der Waals surface area contributed by atoms with Crippen LogP contribution in [0.15, 0.2) is 53.5 Å². The number of rotatable bonds is 9. The van der Waals surface area contributed by atoms with E-state index in [0.717, 1.165) is 79.6 Å². The van der Waals surface area contributed by atoms with E-state index >= 15 is 0 Å². The van der Waals surface area contributed by atoms with Gasteiger partial charge in [0.05, 0.1) is 22.1 Å². The lowest BCUT2D eigenvalue weighted by Crippen LogP contribution is -2.38. The molecule has 170 valence electrons. The number of fused-ring (bicyclic) bond motifs is 2. The van der Waals surface area contributed by atoms with Crippen molar-refractivity contribution >= 4 is 52.0 Å². The Morgan fingerprint density at radius 2 is 1.78 bits per heavy atom. The molecule has 0 fully saturated rings. The second-order valence-corrected chi connectivity index (χ2v) is 7.64. The molecule has 0 saturated carbocycles. The number of benzene rings is 2. The number of hydrogen-bond acceptors (Lipinski definition) is 3. The van der Waals surface area contributed by atoms with Gasteiger partial charge < -0.3 is 20.2 Å². The highest BCUT2D eigenvalue weighted by atomic mass is 127. The number of aryl methyl sites for hydroxylation is 3. The number of guanidine groups is 1. The van der Waals surface area contributed by atoms with E-state index in [1.54, 1.807) is 0 Å². The molecule has 0 atom stereocenters. The maximum Gasteiger partial charge on any atom is 0.191 e. The van der Waals surface area contributed by atoms with Crippen LogP contribution in [0.3, 0.4) is 0 Å². The summed E-state index contributed by atoms with van der Waals surface area (Å²) in [6.07, 6.45) is 2.87. The molecule has 0 saturated heterocycles. The van der Waals surface area contributed by atoms with Gasteiger partial charge in [-0.15, -0.1) is 24.0 Å². The summed E-state index contributed by atoms with van der Waals surface area (Å²) < 4.78 is 2.28. The lowest BCUT2D eigenvalue weighted by molar-refractivity contribution is 0.644. The van der Waals surface area contributed by atoms with Gasteiger partial charge in [-0.2, -0.15) is 0 Å². The van der Waals surface area contributed by atoms with Crippen molar-refractivity contribution in [1.82, 2.24) is 30.2 Å². The van der Waals surface area contributed by atoms with Crippen molar-refractivity contribution in [2.24, 2.45) is 4.99 Å². The number of aliphatic imine (C=N–C) groups is 1. The van der Waals surface area contributed by atoms with Gasteiger partial charge >= 0.3 is 0 Å². The average molecular weight is 545 g/mol. The number of nitrogens with zero attached hydrogens (tertiary/aromatic N) is 4. The quantitative estimate of drug-likeness (QED) is 0.126. The summed E-state index contributed by atoms with van der Waals surface area (Å²) in [5.74, 6) is 2.97. The number of nitrogens with one attached hydrogen (secondary N) is 3. The first-order chi connectivity index (χ1) is 15.2. The molecule has 2 aromatic carbocycles. The van der Waals surface area contributed by atoms with Crippen LogP contribution in [-0.4, -0.2) is 45.1 Å². The van der Waals surface area contributed by atoms with Crippen LogP contribution >= 0.6 is 24.0 Å². The fraction of sp³-hybridized carbons (Fsp3) is 0.375. The third-order valence-electron chi connectivity index (χ3n) is 5.32. The van der Waals surface area contributed by atoms with Gasteiger partial charge in [0.25, 0.3) is 0 Å². The van der Waals surface area contributed by atoms with Crippen LogP contribution in [0.4, 0.5) is 0 Å². The summed E-state index contributed by atoms with van der Waals surface area (Å²) >= 11 is 0. The van der Waals surface area contributed by atoms with Gasteiger partial charge in [-0.05, 0) is 51.0 Å². The third kappa shape index (κ3) is 5.99. The zero-order valence-electron chi connectivity index (χ0n) is 18.8. The molecule has 0 aliphatic carbocycles. The van der Waals surface area contributed by atoms with Gasteiger partial charge in [0.15, 0.2) is 5.96 Å². The molecular formula is C24H32IN7. The first-order valence-electron chi connectivity index (χ1n) is 11.1. The Morgan fingerprint density at radius 3 is 2.59 bits per heavy atom. The topological polar surface area (TPSA) is 82.9 Å². The highest BCUT2D eigenvalue weighted by molar-refractivity contribution is 14.0. The summed E-state index contributed by atoms with van der Waals surface area (Å²) in [5, 5.41) is 6.77. The van der Waals surface area contributed by atoms with E-state index in [4.69, 9.17) is 4.99 Å². The van der Waals surface area contributed by atoms with E-state index in [2.05, 4.69) is 68.3 Å². The summed E-state index contributed by atoms with van der Waals surface area (Å²) in [6.45, 7) is 7.55. The van der Waals surface area contributed by atoms with Gasteiger partial charge in [0, 0.05) is 32.6 Å². The molecule has 4 rings (SSSR count). The number of aromatic amines is 1. The maximum atomic E-state index is 4.74. The molecule has 0 amide bonds. The lowest BCUT2D eigenvalue weighted by atomic mass is 10.3. The minimum atomic E-state index is 0. The Hall–Kier alpha value is -2.62. The van der Waals surface area contributed by atoms with Gasteiger partial charge in [-0.1, -0.05) is 24.3 Å². The van der Waals surface area contributed by atoms with Crippen molar-refractivity contribution in [2.45, 2.75) is 39.7 Å². The zero-order valence-corrected chi connectivity index (χ0v) is 21.1. The van der Waals surface area contributed by atoms with Crippen molar-refractivity contribution in [3.63, 3.8) is 0 Å². The predicted molar refractivity (Wildman–Crippen MR) is 143 cm³/mol. The van der Waals surface area contributed by atoms with Gasteiger partial charge in [-0.25, -0.2) is 9.97 Å². The molecule has 0 radical (unpaired) electrons. The maximum absolute atomic E-state index is 4.74. The minimum absolute atomic E-state index is 0. The van der Waals surface area contributed by atoms with Crippen molar-refractivity contribution in [1.29, 1.82) is 0 Å². The summed E-state index contributed by atoms with van der Waals surface area (Å²) in [4.78, 5) is 17.4. The van der Waals surface area contributed by atoms with Crippen LogP contribution in [0, 0.1) is 6.92 Å². The van der Waals surface area contributed by atoms with Crippen LogP contribution < -0.4 is 10.6 Å². The Bertz CT molecular complexity index is 1130. The number of halogens is 1. The molecule has 3 N–H and O–H groups in total. The molecule has 4 aromatic rings. The Balaban J connectivity index is 0.00000289. The number of imidazole rings is 2. The van der Waals surface area contributed by atoms with Crippen LogP contribution in [0.2, 0.25) is 0 Å². The Morgan fingerprint density at radius 1 is 1.00 bits per heavy atom. The van der Waals surface area contributed by atoms with E-state index in [1.165, 1.54) is 5.52 Å². The number of aromatic nitrogens is 4. The van der Waals surface area contributed by atoms with Crippen molar-refractivity contribution in [3.8, 4) is 0 Å². The van der Waals surface area contributed by atoms with E-state index in [-0.39, 0.29) is 24.0 Å². The third-order valence-corrected chi connectivity index (χ3v) is 5.32. The number of hydrogen-bond donors (Lipinski definition) is 3. The standard InChI is InChI=1S/C24H31N7.HI/c1-3-25-24(26-15-8-14-23-29-19-10-4-5-11-20(19)30-23)27-16-9-17-31-18(2)28-21-12-6-7-13-22(21)31;/h4-7,10-13H,3,8-9,14-17H2,1-2H3,(H,29,30)(H2,25,26,27);1H. The van der Waals surface area contributed by atoms with Crippen LogP contribution in [0.5, 0.6) is 0 Å². The molecule has 0 unspecified atom stereocenters. The molecule has 7 nitrogen and oxygen atoms in total. The SMILES string of the molecule is CCNC(=NCCCn1c(C)nc2ccccc21)NCCCc1nc2ccccc2[nH]1.I. The molecule has 0 aliphatic heterocycles. The Kier molecular flexibility index (Phi) is 8.90. The number of H-pyrrole nitrogens is 1. The van der Waals surface area contributed by atoms with Crippen molar-refractivity contribution in [3.05, 3.63) is 60.2 Å². The monoisotopic (exact) mass is 545 g/mol. The largest absolute Gasteiger partial charge is 0.357 e. The highest BCUT2D eigenvalue weighted by Crippen LogP contribution is 2.15. The molecule has 0 bridgehead atoms. The molecule has 2 heterocycles. The second kappa shape index (κ2) is 11.8. The minimum Gasteiger partial charge on any atom is -0.357 e. The molecule has 0 spiro atoms. The zero-order chi connectivity index (χ0) is 21.5. The molecule has 2 aromatic heterocycles. The van der Waals surface area contributed by atoms with Gasteiger partial charge in [0.2, 0.25) is 0 Å². The van der Waals surface area contributed by atoms with E-state index in [0.29, 0.717) is 0 Å². The lowest BCUT2D eigenvalue weighted by Gasteiger charge is -2.11. The average Bonchev–Trinajstić information content (AvgIpc) is 3.34. The second-order valence-electron chi connectivity index (χ2n) is 7.64. The predicted octanol–water partition coefficient (Wildman–Crippen LogP) is 4.42. The molecular weight excluding hydrogens is 513 g/mol. The number of para-hydroxylation sites is 4. The first kappa shape index (κ1) is 24.0. The fourth-order valence-corrected chi connectivity index (χ4v) is 3.83. The van der Waals surface area contributed by atoms with Crippen LogP contribution in [-0.2, 0) is 13.0 Å². The summed E-state index contributed by atoms with van der Waals surface area (Å²) in [6, 6.07) is 16.4. The van der Waals surface area contributed by atoms with E-state index in [1.807, 2.05) is 24.3 Å². The smallest absolute Gasteiger partial charge is 0.191 e. The highest BCUT2D eigenvalue weighted by Gasteiger charge is 2.06. The van der Waals surface area contributed by atoms with Gasteiger partial charge in [0.1, 0.15) is 11.6 Å². The van der Waals surface area contributed by atoms with Gasteiger partial charge in [-0.3, -0.25) is 4.99 Å². The van der Waals surface area contributed by atoms with Crippen molar-refractivity contribution < 1.29 is 0 Å². The van der Waals surface area contributed by atoms with E-state index in [9.17, 15) is 0 Å². The fourth-order valence-electron chi connectivity index (χ4n) is 3.83. The summed E-state index contributed by atoms with van der Waals surface area (Å²) in [7, 11) is 0. The Labute approximate surface area is 206 Å². The van der Waals surface area contributed by atoms with Crippen molar-refractivity contribution in [2.75, 3.05) is 19.6 Å². The van der Waals surface area contributed by atoms with Crippen LogP contribution in [0.25, 0.3) is 22.1 Å². The molecule has 32 heavy (non-hydrogen) atoms. The van der Waals surface area contributed by atoms with E-state index < -0.39 is 0 Å². The first-order valence-corrected chi connectivity index (χ1v) is 11.1. The molecule has 8 heteroatoms. The van der Waals surface area contributed by atoms with Crippen LogP contribution in [0.1, 0.15) is 31.4 Å². The normalized spacial score (nSPS) is 11.6. The summed E-state index contributed by atoms with van der Waals surface area (Å²) in [5.41, 5.74) is 4.38. The molecule has 0 aliphatic rings.